The van der Waals surface area contributed by atoms with Crippen LogP contribution in [0.2, 0.25) is 0 Å². The molecule has 0 atom stereocenters. The van der Waals surface area contributed by atoms with Crippen LogP contribution in [0.5, 0.6) is 0 Å². The minimum Gasteiger partial charge on any atom is -0.397 e. The molecular weight excluding hydrogens is 200 g/mol. The fourth-order valence-corrected chi connectivity index (χ4v) is 1.60. The molecule has 0 aliphatic rings. The van der Waals surface area contributed by atoms with Gasteiger partial charge in [0, 0.05) is 6.42 Å². The average molecular weight is 220 g/mol. The molecule has 0 spiro atoms. The predicted octanol–water partition coefficient (Wildman–Crippen LogP) is 3.10. The maximum atomic E-state index is 11.6. The molecule has 0 radical (unpaired) electrons. The van der Waals surface area contributed by atoms with Crippen molar-refractivity contribution in [3.8, 4) is 0 Å². The van der Waals surface area contributed by atoms with Crippen molar-refractivity contribution >= 4 is 17.3 Å². The van der Waals surface area contributed by atoms with Crippen molar-refractivity contribution in [2.24, 2.45) is 0 Å². The van der Waals surface area contributed by atoms with Crippen LogP contribution >= 0.6 is 0 Å². The summed E-state index contributed by atoms with van der Waals surface area (Å²) in [5.74, 6) is 0.0504. The SMILES string of the molecule is CCCCCC(=O)Nc1c(C)cccc1N. The Labute approximate surface area is 97.0 Å². The largest absolute Gasteiger partial charge is 0.397 e. The molecule has 0 heterocycles. The molecule has 1 aromatic carbocycles. The molecule has 0 saturated heterocycles. The molecule has 1 rings (SSSR count). The Morgan fingerprint density at radius 3 is 2.75 bits per heavy atom. The molecular formula is C13H20N2O. The number of para-hydroxylation sites is 1. The zero-order chi connectivity index (χ0) is 12.0. The lowest BCUT2D eigenvalue weighted by atomic mass is 10.1. The van der Waals surface area contributed by atoms with E-state index in [0.717, 1.165) is 30.5 Å². The lowest BCUT2D eigenvalue weighted by Crippen LogP contribution is -2.13. The third-order valence-corrected chi connectivity index (χ3v) is 2.58. The van der Waals surface area contributed by atoms with Crippen LogP contribution in [0, 0.1) is 6.92 Å². The van der Waals surface area contributed by atoms with Gasteiger partial charge in [-0.2, -0.15) is 0 Å². The van der Waals surface area contributed by atoms with Crippen LogP contribution in [0.1, 0.15) is 38.2 Å². The smallest absolute Gasteiger partial charge is 0.224 e. The first-order chi connectivity index (χ1) is 7.65. The summed E-state index contributed by atoms with van der Waals surface area (Å²) < 4.78 is 0. The number of hydrogen-bond donors (Lipinski definition) is 2. The number of nitrogen functional groups attached to an aromatic ring is 1. The summed E-state index contributed by atoms with van der Waals surface area (Å²) in [6.45, 7) is 4.06. The Morgan fingerprint density at radius 2 is 2.12 bits per heavy atom. The van der Waals surface area contributed by atoms with Crippen LogP contribution in [0.15, 0.2) is 18.2 Å². The first kappa shape index (κ1) is 12.6. The fourth-order valence-electron chi connectivity index (χ4n) is 1.60. The van der Waals surface area contributed by atoms with E-state index in [2.05, 4.69) is 12.2 Å². The lowest BCUT2D eigenvalue weighted by molar-refractivity contribution is -0.116. The van der Waals surface area contributed by atoms with Crippen LogP contribution in [0.3, 0.4) is 0 Å². The van der Waals surface area contributed by atoms with Crippen molar-refractivity contribution < 1.29 is 4.79 Å². The minimum atomic E-state index is 0.0504. The van der Waals surface area contributed by atoms with Gasteiger partial charge < -0.3 is 11.1 Å². The van der Waals surface area contributed by atoms with E-state index in [9.17, 15) is 4.79 Å². The number of benzene rings is 1. The summed E-state index contributed by atoms with van der Waals surface area (Å²) in [6.07, 6.45) is 3.73. The molecule has 88 valence electrons. The van der Waals surface area contributed by atoms with E-state index in [4.69, 9.17) is 5.73 Å². The Hall–Kier alpha value is -1.51. The van der Waals surface area contributed by atoms with E-state index in [1.165, 1.54) is 0 Å². The van der Waals surface area contributed by atoms with Crippen LogP contribution in [-0.4, -0.2) is 5.91 Å². The number of aryl methyl sites for hydroxylation is 1. The Morgan fingerprint density at radius 1 is 1.38 bits per heavy atom. The van der Waals surface area contributed by atoms with Crippen molar-refractivity contribution in [2.45, 2.75) is 39.5 Å². The third kappa shape index (κ3) is 3.57. The first-order valence-corrected chi connectivity index (χ1v) is 5.80. The monoisotopic (exact) mass is 220 g/mol. The molecule has 3 nitrogen and oxygen atoms in total. The summed E-state index contributed by atoms with van der Waals surface area (Å²) in [4.78, 5) is 11.6. The Balaban J connectivity index is 2.56. The quantitative estimate of drug-likeness (QED) is 0.591. The Bertz CT molecular complexity index is 341. The van der Waals surface area contributed by atoms with Crippen LogP contribution in [-0.2, 0) is 4.79 Å². The van der Waals surface area contributed by atoms with Gasteiger partial charge in [-0.3, -0.25) is 4.79 Å². The molecule has 3 heteroatoms. The number of hydrogen-bond acceptors (Lipinski definition) is 2. The number of carbonyl (C=O) groups is 1. The highest BCUT2D eigenvalue weighted by atomic mass is 16.1. The first-order valence-electron chi connectivity index (χ1n) is 5.80. The summed E-state index contributed by atoms with van der Waals surface area (Å²) in [7, 11) is 0. The van der Waals surface area contributed by atoms with E-state index >= 15 is 0 Å². The van der Waals surface area contributed by atoms with Crippen molar-refractivity contribution in [3.63, 3.8) is 0 Å². The second kappa shape index (κ2) is 6.16. The fraction of sp³-hybridized carbons (Fsp3) is 0.462. The van der Waals surface area contributed by atoms with Gasteiger partial charge in [0.2, 0.25) is 5.91 Å². The molecule has 0 bridgehead atoms. The highest BCUT2D eigenvalue weighted by Gasteiger charge is 2.06. The van der Waals surface area contributed by atoms with Crippen LogP contribution in [0.25, 0.3) is 0 Å². The van der Waals surface area contributed by atoms with Gasteiger partial charge in [-0.05, 0) is 25.0 Å². The molecule has 3 N–H and O–H groups in total. The van der Waals surface area contributed by atoms with Crippen molar-refractivity contribution in [2.75, 3.05) is 11.1 Å². The predicted molar refractivity (Wildman–Crippen MR) is 68.4 cm³/mol. The van der Waals surface area contributed by atoms with Crippen LogP contribution in [0.4, 0.5) is 11.4 Å². The van der Waals surface area contributed by atoms with E-state index in [-0.39, 0.29) is 5.91 Å². The van der Waals surface area contributed by atoms with E-state index in [1.807, 2.05) is 19.1 Å². The molecule has 1 aromatic rings. The lowest BCUT2D eigenvalue weighted by Gasteiger charge is -2.10. The topological polar surface area (TPSA) is 55.1 Å². The number of nitrogens with two attached hydrogens (primary N) is 1. The van der Waals surface area contributed by atoms with Gasteiger partial charge >= 0.3 is 0 Å². The maximum Gasteiger partial charge on any atom is 0.224 e. The normalized spacial score (nSPS) is 10.1. The van der Waals surface area contributed by atoms with Gasteiger partial charge in [-0.25, -0.2) is 0 Å². The van der Waals surface area contributed by atoms with Gasteiger partial charge in [-0.1, -0.05) is 31.9 Å². The number of carbonyl (C=O) groups excluding carboxylic acids is 1. The second-order valence-electron chi connectivity index (χ2n) is 4.04. The highest BCUT2D eigenvalue weighted by Crippen LogP contribution is 2.22. The number of amides is 1. The van der Waals surface area contributed by atoms with Gasteiger partial charge in [0.1, 0.15) is 0 Å². The number of anilines is 2. The number of unbranched alkanes of at least 4 members (excludes halogenated alkanes) is 2. The molecule has 0 unspecified atom stereocenters. The molecule has 0 saturated carbocycles. The van der Waals surface area contributed by atoms with Crippen molar-refractivity contribution in [1.29, 1.82) is 0 Å². The summed E-state index contributed by atoms with van der Waals surface area (Å²) in [5.41, 5.74) is 8.20. The zero-order valence-corrected chi connectivity index (χ0v) is 10.0. The van der Waals surface area contributed by atoms with E-state index in [0.29, 0.717) is 12.1 Å². The molecule has 16 heavy (non-hydrogen) atoms. The summed E-state index contributed by atoms with van der Waals surface area (Å²) in [6, 6.07) is 5.63. The van der Waals surface area contributed by atoms with Gasteiger partial charge in [0.25, 0.3) is 0 Å². The summed E-state index contributed by atoms with van der Waals surface area (Å²) in [5, 5.41) is 2.87. The van der Waals surface area contributed by atoms with E-state index < -0.39 is 0 Å². The van der Waals surface area contributed by atoms with Gasteiger partial charge in [0.05, 0.1) is 11.4 Å². The molecule has 0 aliphatic carbocycles. The number of rotatable bonds is 5. The van der Waals surface area contributed by atoms with Gasteiger partial charge in [0.15, 0.2) is 0 Å². The van der Waals surface area contributed by atoms with Crippen LogP contribution < -0.4 is 11.1 Å². The minimum absolute atomic E-state index is 0.0504. The second-order valence-corrected chi connectivity index (χ2v) is 4.04. The van der Waals surface area contributed by atoms with Gasteiger partial charge in [-0.15, -0.1) is 0 Å². The van der Waals surface area contributed by atoms with Crippen molar-refractivity contribution in [1.82, 2.24) is 0 Å². The average Bonchev–Trinajstić information content (AvgIpc) is 2.24. The molecule has 0 aliphatic heterocycles. The third-order valence-electron chi connectivity index (χ3n) is 2.58. The molecule has 1 amide bonds. The number of nitrogens with one attached hydrogen (secondary N) is 1. The molecule has 0 aromatic heterocycles. The highest BCUT2D eigenvalue weighted by molar-refractivity contribution is 5.94. The van der Waals surface area contributed by atoms with Crippen molar-refractivity contribution in [3.05, 3.63) is 23.8 Å². The standard InChI is InChI=1S/C13H20N2O/c1-3-4-5-9-12(16)15-13-10(2)7-6-8-11(13)14/h6-8H,3-5,9,14H2,1-2H3,(H,15,16). The van der Waals surface area contributed by atoms with E-state index in [1.54, 1.807) is 6.07 Å². The Kier molecular flexibility index (Phi) is 4.83. The maximum absolute atomic E-state index is 11.6. The zero-order valence-electron chi connectivity index (χ0n) is 10.0. The molecule has 0 fully saturated rings. The summed E-state index contributed by atoms with van der Waals surface area (Å²) >= 11 is 0.